The van der Waals surface area contributed by atoms with Gasteiger partial charge in [0, 0.05) is 31.7 Å². The molecule has 1 radical (unpaired) electrons. The second-order valence-electron chi connectivity index (χ2n) is 13.3. The van der Waals surface area contributed by atoms with E-state index in [1.54, 1.807) is 0 Å². The number of aryl methyl sites for hydroxylation is 2. The monoisotopic (exact) mass is 855 g/mol. The minimum atomic E-state index is -1.77. The number of hydrogen-bond acceptors (Lipinski definition) is 3. The molecule has 0 saturated heterocycles. The Hall–Kier alpha value is -3.83. The van der Waals surface area contributed by atoms with Gasteiger partial charge in [-0.1, -0.05) is 72.8 Å². The molecular weight excluding hydrogens is 813 g/mol. The third-order valence-corrected chi connectivity index (χ3v) is 13.0. The van der Waals surface area contributed by atoms with Crippen LogP contribution in [0, 0.1) is 26.0 Å². The minimum absolute atomic E-state index is 0. The summed E-state index contributed by atoms with van der Waals surface area (Å²) in [5.74, 6) is 7.65. The molecule has 7 aromatic rings. The Morgan fingerprint density at radius 1 is 0.723 bits per heavy atom. The number of rotatable bonds is 5. The Labute approximate surface area is 295 Å². The number of furan rings is 1. The zero-order chi connectivity index (χ0) is 32.4. The molecule has 0 aliphatic heterocycles. The van der Waals surface area contributed by atoms with Gasteiger partial charge in [-0.15, -0.1) is 18.2 Å². The average molecular weight is 854 g/mol. The first-order chi connectivity index (χ1) is 22.1. The summed E-state index contributed by atoms with van der Waals surface area (Å²) in [4.78, 5) is 9.19. The molecule has 5 heteroatoms. The Bertz CT molecular complexity index is 2140. The average Bonchev–Trinajstić information content (AvgIpc) is 3.43. The van der Waals surface area contributed by atoms with Crippen LogP contribution in [0.2, 0.25) is 17.3 Å². The molecule has 0 atom stereocenters. The molecule has 0 N–H and O–H groups in total. The third-order valence-electron chi connectivity index (χ3n) is 8.50. The first-order valence-corrected chi connectivity index (χ1v) is 23.3. The van der Waals surface area contributed by atoms with Crippen LogP contribution in [0.3, 0.4) is 0 Å². The van der Waals surface area contributed by atoms with Gasteiger partial charge >= 0.3 is 106 Å². The van der Waals surface area contributed by atoms with Crippen LogP contribution >= 0.6 is 0 Å². The molecule has 47 heavy (non-hydrogen) atoms. The van der Waals surface area contributed by atoms with Gasteiger partial charge < -0.3 is 9.40 Å². The summed E-state index contributed by atoms with van der Waals surface area (Å²) in [5.41, 5.74) is 11.9. The van der Waals surface area contributed by atoms with Crippen LogP contribution in [-0.4, -0.2) is 23.2 Å². The molecule has 7 rings (SSSR count). The predicted molar refractivity (Wildman–Crippen MR) is 196 cm³/mol. The van der Waals surface area contributed by atoms with E-state index in [1.165, 1.54) is 32.2 Å². The topological polar surface area (TPSA) is 38.9 Å². The van der Waals surface area contributed by atoms with Crippen LogP contribution in [0.5, 0.6) is 0 Å². The second kappa shape index (κ2) is 14.5. The number of hydrogen-bond donors (Lipinski definition) is 0. The van der Waals surface area contributed by atoms with Gasteiger partial charge in [-0.25, -0.2) is 0 Å². The summed E-state index contributed by atoms with van der Waals surface area (Å²) in [7, 11) is 0. The second-order valence-corrected chi connectivity index (χ2v) is 23.8. The SMILES string of the molecule is Cc1cc(-c2[c-]cccc2)nc[c]1[Ge]([CH3])([CH3])[CH3].Cc1ccccc1-c1ccc2c(c1)oc1c(-c3cc(C(C)C)ccn3)[c-]ccc12.[Ir]. The molecule has 3 aromatic heterocycles. The van der Waals surface area contributed by atoms with Crippen molar-refractivity contribution in [2.24, 2.45) is 0 Å². The molecule has 0 amide bonds. The zero-order valence-corrected chi connectivity index (χ0v) is 32.6. The minimum Gasteiger partial charge on any atom is -0.501 e. The molecular formula is C42H40GeIrN2O-2. The van der Waals surface area contributed by atoms with E-state index in [1.807, 2.05) is 30.5 Å². The van der Waals surface area contributed by atoms with E-state index in [0.717, 1.165) is 44.5 Å². The fourth-order valence-electron chi connectivity index (χ4n) is 5.98. The van der Waals surface area contributed by atoms with Crippen molar-refractivity contribution in [1.82, 2.24) is 9.97 Å². The Balaban J connectivity index is 0.000000207. The van der Waals surface area contributed by atoms with Crippen molar-refractivity contribution in [2.45, 2.75) is 50.9 Å². The van der Waals surface area contributed by atoms with Gasteiger partial charge in [0.1, 0.15) is 5.58 Å². The molecule has 239 valence electrons. The maximum absolute atomic E-state index is 6.37. The number of nitrogens with zero attached hydrogens (tertiary/aromatic N) is 2. The molecule has 0 spiro atoms. The van der Waals surface area contributed by atoms with Crippen molar-refractivity contribution in [3.05, 3.63) is 138 Å². The van der Waals surface area contributed by atoms with Crippen molar-refractivity contribution in [1.29, 1.82) is 0 Å². The van der Waals surface area contributed by atoms with Crippen LogP contribution in [0.4, 0.5) is 0 Å². The van der Waals surface area contributed by atoms with E-state index < -0.39 is 13.3 Å². The van der Waals surface area contributed by atoms with Gasteiger partial charge in [0.2, 0.25) is 0 Å². The molecule has 4 aromatic carbocycles. The van der Waals surface area contributed by atoms with E-state index in [-0.39, 0.29) is 20.1 Å². The van der Waals surface area contributed by atoms with E-state index in [2.05, 4.69) is 146 Å². The van der Waals surface area contributed by atoms with Crippen LogP contribution < -0.4 is 4.40 Å². The number of aromatic nitrogens is 2. The van der Waals surface area contributed by atoms with Crippen molar-refractivity contribution in [3.63, 3.8) is 0 Å². The van der Waals surface area contributed by atoms with Crippen molar-refractivity contribution < 1.29 is 24.5 Å². The maximum Gasteiger partial charge on any atom is 0.121 e. The summed E-state index contributed by atoms with van der Waals surface area (Å²) in [6.07, 6.45) is 3.95. The van der Waals surface area contributed by atoms with Gasteiger partial charge in [0.25, 0.3) is 0 Å². The van der Waals surface area contributed by atoms with E-state index >= 15 is 0 Å². The van der Waals surface area contributed by atoms with Gasteiger partial charge in [-0.05, 0) is 47.4 Å². The standard InChI is InChI=1S/C27H22NO.C15H18GeN.Ir/c1-17(2)19-13-14-28-25(15-19)24-10-6-9-23-22-12-11-20(16-26(22)29-27(23)24)21-8-5-4-7-18(21)3;1-12-10-15(13-8-6-5-7-9-13)17-11-14(12)16(2,3)4;/h4-9,11-17H,1-3H3;5-8,10-11H,1-4H3;/q2*-1;. The van der Waals surface area contributed by atoms with Gasteiger partial charge in [-0.3, -0.25) is 0 Å². The third kappa shape index (κ3) is 7.51. The number of fused-ring (bicyclic) bond motifs is 3. The van der Waals surface area contributed by atoms with E-state index in [9.17, 15) is 0 Å². The summed E-state index contributed by atoms with van der Waals surface area (Å²) in [6, 6.07) is 39.9. The first kappa shape index (κ1) is 34.5. The van der Waals surface area contributed by atoms with Crippen molar-refractivity contribution >= 4 is 39.6 Å². The van der Waals surface area contributed by atoms with Crippen molar-refractivity contribution in [2.75, 3.05) is 0 Å². The number of benzene rings is 4. The quantitative estimate of drug-likeness (QED) is 0.128. The van der Waals surface area contributed by atoms with Crippen LogP contribution in [-0.2, 0) is 20.1 Å². The zero-order valence-electron chi connectivity index (χ0n) is 28.1. The van der Waals surface area contributed by atoms with Crippen LogP contribution in [0.15, 0.2) is 114 Å². The largest absolute Gasteiger partial charge is 0.501 e. The summed E-state index contributed by atoms with van der Waals surface area (Å²) in [5, 5.41) is 2.22. The molecule has 3 heterocycles. The smallest absolute Gasteiger partial charge is 0.121 e. The van der Waals surface area contributed by atoms with Gasteiger partial charge in [0.15, 0.2) is 0 Å². The Kier molecular flexibility index (Phi) is 10.7. The van der Waals surface area contributed by atoms with E-state index in [0.29, 0.717) is 5.92 Å². The Morgan fingerprint density at radius 2 is 1.51 bits per heavy atom. The molecule has 0 aliphatic rings. The molecule has 0 saturated carbocycles. The summed E-state index contributed by atoms with van der Waals surface area (Å²) in [6.45, 7) is 8.72. The molecule has 0 unspecified atom stereocenters. The fourth-order valence-corrected chi connectivity index (χ4v) is 9.56. The number of pyridine rings is 2. The summed E-state index contributed by atoms with van der Waals surface area (Å²) >= 11 is -1.77. The molecule has 0 aliphatic carbocycles. The van der Waals surface area contributed by atoms with E-state index in [4.69, 9.17) is 4.42 Å². The van der Waals surface area contributed by atoms with Gasteiger partial charge in [-0.2, -0.15) is 0 Å². The molecule has 0 fully saturated rings. The predicted octanol–water partition coefficient (Wildman–Crippen LogP) is 10.9. The molecule has 3 nitrogen and oxygen atoms in total. The van der Waals surface area contributed by atoms with Gasteiger partial charge in [0.05, 0.1) is 5.58 Å². The summed E-state index contributed by atoms with van der Waals surface area (Å²) < 4.78 is 7.86. The molecule has 0 bridgehead atoms. The normalized spacial score (nSPS) is 11.3. The van der Waals surface area contributed by atoms with Crippen LogP contribution in [0.1, 0.15) is 36.5 Å². The Morgan fingerprint density at radius 3 is 2.21 bits per heavy atom. The van der Waals surface area contributed by atoms with Crippen LogP contribution in [0.25, 0.3) is 55.6 Å². The first-order valence-electron chi connectivity index (χ1n) is 15.9. The fraction of sp³-hybridized carbons (Fsp3) is 0.190. The van der Waals surface area contributed by atoms with Crippen molar-refractivity contribution in [3.8, 4) is 33.6 Å². The maximum atomic E-state index is 6.37.